The molecule has 0 aromatic carbocycles. The Bertz CT molecular complexity index is 736. The van der Waals surface area contributed by atoms with Gasteiger partial charge in [0.2, 0.25) is 5.91 Å². The highest BCUT2D eigenvalue weighted by Gasteiger charge is 2.28. The summed E-state index contributed by atoms with van der Waals surface area (Å²) in [5.41, 5.74) is 0. The lowest BCUT2D eigenvalue weighted by Gasteiger charge is -2.27. The van der Waals surface area contributed by atoms with Crippen molar-refractivity contribution in [3.63, 3.8) is 0 Å². The molecule has 5 N–H and O–H groups in total. The van der Waals surface area contributed by atoms with Crippen LogP contribution in [-0.2, 0) is 4.79 Å². The van der Waals surface area contributed by atoms with Crippen LogP contribution >= 0.6 is 0 Å². The fraction of sp³-hybridized carbons (Fsp3) is 0.979. The molecule has 0 aliphatic heterocycles. The molecule has 4 unspecified atom stereocenters. The van der Waals surface area contributed by atoms with Crippen LogP contribution in [0, 0.1) is 0 Å². The molecule has 4 atom stereocenters. The van der Waals surface area contributed by atoms with Gasteiger partial charge in [-0.2, -0.15) is 0 Å². The molecule has 0 heterocycles. The van der Waals surface area contributed by atoms with Crippen molar-refractivity contribution in [1.29, 1.82) is 0 Å². The number of amides is 1. The first-order chi connectivity index (χ1) is 26.5. The summed E-state index contributed by atoms with van der Waals surface area (Å²) >= 11 is 0. The Morgan fingerprint density at radius 3 is 0.907 bits per heavy atom. The molecule has 0 aromatic rings. The summed E-state index contributed by atoms with van der Waals surface area (Å²) in [4.78, 5) is 12.3. The molecule has 0 aliphatic carbocycles. The van der Waals surface area contributed by atoms with Gasteiger partial charge in [-0.05, 0) is 12.8 Å². The lowest BCUT2D eigenvalue weighted by Crippen LogP contribution is -2.53. The van der Waals surface area contributed by atoms with E-state index in [4.69, 9.17) is 0 Å². The summed E-state index contributed by atoms with van der Waals surface area (Å²) in [6.07, 6.45) is 48.9. The number of hydrogen-bond donors (Lipinski definition) is 5. The van der Waals surface area contributed by atoms with Gasteiger partial charge in [0.25, 0.3) is 0 Å². The highest BCUT2D eigenvalue weighted by atomic mass is 16.3. The van der Waals surface area contributed by atoms with E-state index in [2.05, 4.69) is 12.2 Å². The van der Waals surface area contributed by atoms with E-state index >= 15 is 0 Å². The molecular weight excluding hydrogens is 671 g/mol. The van der Waals surface area contributed by atoms with Crippen molar-refractivity contribution in [1.82, 2.24) is 5.32 Å². The van der Waals surface area contributed by atoms with E-state index in [9.17, 15) is 25.2 Å². The molecule has 6 heteroatoms. The number of carbonyl (C=O) groups is 1. The van der Waals surface area contributed by atoms with Crippen molar-refractivity contribution < 1.29 is 25.2 Å². The molecule has 0 fully saturated rings. The van der Waals surface area contributed by atoms with Crippen LogP contribution in [0.4, 0.5) is 0 Å². The number of hydrogen-bond acceptors (Lipinski definition) is 5. The number of unbranched alkanes of at least 4 members (excludes halogenated alkanes) is 36. The Morgan fingerprint density at radius 2 is 0.648 bits per heavy atom. The fourth-order valence-corrected chi connectivity index (χ4v) is 7.92. The van der Waals surface area contributed by atoms with E-state index in [0.29, 0.717) is 12.8 Å². The Hall–Kier alpha value is -0.690. The summed E-state index contributed by atoms with van der Waals surface area (Å²) in [5.74, 6) is -0.591. The zero-order valence-electron chi connectivity index (χ0n) is 36.5. The van der Waals surface area contributed by atoms with Gasteiger partial charge in [-0.1, -0.05) is 258 Å². The van der Waals surface area contributed by atoms with Crippen molar-refractivity contribution in [3.05, 3.63) is 0 Å². The minimum Gasteiger partial charge on any atom is -0.394 e. The van der Waals surface area contributed by atoms with Crippen molar-refractivity contribution in [2.24, 2.45) is 0 Å². The number of carbonyl (C=O) groups excluding carboxylic acids is 1. The molecule has 0 saturated heterocycles. The molecule has 1 amide bonds. The Labute approximate surface area is 337 Å². The average molecular weight is 768 g/mol. The van der Waals surface area contributed by atoms with Crippen molar-refractivity contribution >= 4 is 5.91 Å². The maximum absolute atomic E-state index is 12.3. The predicted octanol–water partition coefficient (Wildman–Crippen LogP) is 13.2. The second kappa shape index (κ2) is 43.4. The lowest BCUT2D eigenvalue weighted by atomic mass is 10.0. The molecule has 0 spiro atoms. The first-order valence-corrected chi connectivity index (χ1v) is 24.4. The van der Waals surface area contributed by atoms with Gasteiger partial charge in [0, 0.05) is 0 Å². The van der Waals surface area contributed by atoms with Crippen molar-refractivity contribution in [2.45, 2.75) is 295 Å². The van der Waals surface area contributed by atoms with Gasteiger partial charge in [0.1, 0.15) is 12.2 Å². The van der Waals surface area contributed by atoms with Crippen LogP contribution in [0.5, 0.6) is 0 Å². The Morgan fingerprint density at radius 1 is 0.389 bits per heavy atom. The molecule has 324 valence electrons. The number of aliphatic hydroxyl groups is 4. The third-order valence-electron chi connectivity index (χ3n) is 11.8. The van der Waals surface area contributed by atoms with Crippen LogP contribution in [0.2, 0.25) is 0 Å². The van der Waals surface area contributed by atoms with Gasteiger partial charge in [-0.3, -0.25) is 4.79 Å². The quantitative estimate of drug-likeness (QED) is 0.0396. The SMILES string of the molecule is CCCCCCCCCCCCCCCCCCCCCCCCCCCCCCCCCCCCCCC(O)C(=O)NC(CO)C(O)C(O)CCCC. The van der Waals surface area contributed by atoms with E-state index < -0.39 is 36.9 Å². The zero-order chi connectivity index (χ0) is 39.6. The minimum atomic E-state index is -1.25. The van der Waals surface area contributed by atoms with Crippen LogP contribution in [-0.4, -0.2) is 57.3 Å². The molecular formula is C48H97NO5. The third-order valence-corrected chi connectivity index (χ3v) is 11.8. The van der Waals surface area contributed by atoms with Gasteiger partial charge in [-0.25, -0.2) is 0 Å². The summed E-state index contributed by atoms with van der Waals surface area (Å²) < 4.78 is 0. The topological polar surface area (TPSA) is 110 Å². The average Bonchev–Trinajstić information content (AvgIpc) is 3.18. The normalized spacial score (nSPS) is 14.0. The molecule has 0 bridgehead atoms. The monoisotopic (exact) mass is 768 g/mol. The molecule has 0 rings (SSSR count). The van der Waals surface area contributed by atoms with Crippen molar-refractivity contribution in [2.75, 3.05) is 6.61 Å². The van der Waals surface area contributed by atoms with Crippen LogP contribution in [0.1, 0.15) is 271 Å². The summed E-state index contributed by atoms with van der Waals surface area (Å²) in [6, 6.07) is -0.975. The van der Waals surface area contributed by atoms with Gasteiger partial charge in [0.15, 0.2) is 0 Å². The standard InChI is InChI=1S/C48H97NO5/c1-3-5-7-8-9-10-11-12-13-14-15-16-17-18-19-20-21-22-23-24-25-26-27-28-29-30-31-32-33-34-35-36-37-38-39-40-42-46(52)48(54)49-44(43-50)47(53)45(51)41-6-4-2/h44-47,50-53H,3-43H2,1-2H3,(H,49,54). The van der Waals surface area contributed by atoms with Gasteiger partial charge in [0.05, 0.1) is 18.8 Å². The van der Waals surface area contributed by atoms with Crippen LogP contribution in [0.25, 0.3) is 0 Å². The Balaban J connectivity index is 3.31. The van der Waals surface area contributed by atoms with Crippen LogP contribution < -0.4 is 5.32 Å². The number of nitrogens with one attached hydrogen (secondary N) is 1. The van der Waals surface area contributed by atoms with Gasteiger partial charge >= 0.3 is 0 Å². The fourth-order valence-electron chi connectivity index (χ4n) is 7.92. The van der Waals surface area contributed by atoms with Crippen molar-refractivity contribution in [3.8, 4) is 0 Å². The molecule has 54 heavy (non-hydrogen) atoms. The molecule has 0 aromatic heterocycles. The van der Waals surface area contributed by atoms with Gasteiger partial charge in [-0.15, -0.1) is 0 Å². The Kier molecular flexibility index (Phi) is 42.9. The zero-order valence-corrected chi connectivity index (χ0v) is 36.5. The van der Waals surface area contributed by atoms with Crippen LogP contribution in [0.3, 0.4) is 0 Å². The largest absolute Gasteiger partial charge is 0.394 e. The highest BCUT2D eigenvalue weighted by Crippen LogP contribution is 2.18. The number of aliphatic hydroxyl groups excluding tert-OH is 4. The molecule has 0 saturated carbocycles. The van der Waals surface area contributed by atoms with Gasteiger partial charge < -0.3 is 25.7 Å². The maximum atomic E-state index is 12.3. The van der Waals surface area contributed by atoms with E-state index in [1.807, 2.05) is 6.92 Å². The second-order valence-electron chi connectivity index (χ2n) is 17.2. The lowest BCUT2D eigenvalue weighted by molar-refractivity contribution is -0.132. The third kappa shape index (κ3) is 36.9. The highest BCUT2D eigenvalue weighted by molar-refractivity contribution is 5.80. The van der Waals surface area contributed by atoms with Crippen LogP contribution in [0.15, 0.2) is 0 Å². The first kappa shape index (κ1) is 53.3. The summed E-state index contributed by atoms with van der Waals surface area (Å²) in [6.45, 7) is 3.81. The molecule has 0 radical (unpaired) electrons. The minimum absolute atomic E-state index is 0.373. The summed E-state index contributed by atoms with van der Waals surface area (Å²) in [5, 5.41) is 42.6. The maximum Gasteiger partial charge on any atom is 0.249 e. The molecule has 0 aliphatic rings. The van der Waals surface area contributed by atoms with E-state index in [1.54, 1.807) is 0 Å². The second-order valence-corrected chi connectivity index (χ2v) is 17.2. The van der Waals surface area contributed by atoms with E-state index in [1.165, 1.54) is 212 Å². The predicted molar refractivity (Wildman–Crippen MR) is 233 cm³/mol. The van der Waals surface area contributed by atoms with E-state index in [-0.39, 0.29) is 0 Å². The number of rotatable bonds is 45. The molecule has 6 nitrogen and oxygen atoms in total. The van der Waals surface area contributed by atoms with E-state index in [0.717, 1.165) is 32.1 Å². The summed E-state index contributed by atoms with van der Waals surface area (Å²) in [7, 11) is 0. The first-order valence-electron chi connectivity index (χ1n) is 24.4. The smallest absolute Gasteiger partial charge is 0.249 e.